The minimum Gasteiger partial charge on any atom is -0.368 e. The van der Waals surface area contributed by atoms with Crippen LogP contribution in [0.25, 0.3) is 11.0 Å². The number of anilines is 2. The predicted molar refractivity (Wildman–Crippen MR) is 126 cm³/mol. The van der Waals surface area contributed by atoms with Gasteiger partial charge in [-0.25, -0.2) is 9.37 Å². The van der Waals surface area contributed by atoms with E-state index in [1.54, 1.807) is 6.92 Å². The van der Waals surface area contributed by atoms with Crippen LogP contribution < -0.4 is 9.80 Å². The maximum atomic E-state index is 14.1. The molecule has 2 fully saturated rings. The molecule has 1 aromatic carbocycles. The van der Waals surface area contributed by atoms with Gasteiger partial charge in [-0.05, 0) is 50.1 Å². The van der Waals surface area contributed by atoms with Crippen molar-refractivity contribution in [2.45, 2.75) is 32.5 Å². The third kappa shape index (κ3) is 4.26. The largest absolute Gasteiger partial charge is 0.368 e. The Morgan fingerprint density at radius 1 is 0.935 bits per heavy atom. The molecule has 0 spiro atoms. The molecule has 31 heavy (non-hydrogen) atoms. The number of aromatic nitrogens is 2. The monoisotopic (exact) mass is 421 g/mol. The molecule has 0 N–H and O–H groups in total. The Bertz CT molecular complexity index is 1050. The van der Waals surface area contributed by atoms with Crippen LogP contribution in [0, 0.1) is 6.92 Å². The van der Waals surface area contributed by atoms with Crippen molar-refractivity contribution in [1.82, 2.24) is 14.5 Å². The Labute approximate surface area is 184 Å². The third-order valence-corrected chi connectivity index (χ3v) is 6.82. The lowest BCUT2D eigenvalue weighted by Crippen LogP contribution is -2.47. The lowest BCUT2D eigenvalue weighted by atomic mass is 10.1. The predicted octanol–water partition coefficient (Wildman–Crippen LogP) is 4.11. The first kappa shape index (κ1) is 20.3. The third-order valence-electron chi connectivity index (χ3n) is 6.82. The fourth-order valence-corrected chi connectivity index (χ4v) is 4.96. The molecule has 2 aromatic heterocycles. The van der Waals surface area contributed by atoms with E-state index in [4.69, 9.17) is 4.98 Å². The highest BCUT2D eigenvalue weighted by Gasteiger charge is 2.33. The van der Waals surface area contributed by atoms with E-state index in [0.29, 0.717) is 13.0 Å². The minimum atomic E-state index is -1.04. The number of piperazine rings is 1. The molecule has 3 aromatic rings. The zero-order chi connectivity index (χ0) is 21.4. The number of rotatable bonds is 5. The van der Waals surface area contributed by atoms with E-state index in [1.807, 2.05) is 0 Å². The summed E-state index contributed by atoms with van der Waals surface area (Å²) in [5, 5.41) is 1.17. The number of alkyl halides is 1. The van der Waals surface area contributed by atoms with Gasteiger partial charge >= 0.3 is 0 Å². The highest BCUT2D eigenvalue weighted by atomic mass is 19.1. The van der Waals surface area contributed by atoms with E-state index in [1.165, 1.54) is 16.6 Å². The first-order valence-electron chi connectivity index (χ1n) is 11.4. The van der Waals surface area contributed by atoms with Gasteiger partial charge in [-0.3, -0.25) is 4.90 Å². The average molecular weight is 422 g/mol. The molecule has 0 radical (unpaired) electrons. The minimum absolute atomic E-state index is 0.538. The van der Waals surface area contributed by atoms with E-state index in [2.05, 4.69) is 74.9 Å². The van der Waals surface area contributed by atoms with Gasteiger partial charge in [-0.1, -0.05) is 18.2 Å². The molecule has 4 heterocycles. The molecule has 0 amide bonds. The van der Waals surface area contributed by atoms with Gasteiger partial charge in [0.1, 0.15) is 17.1 Å². The number of hydrogen-bond donors (Lipinski definition) is 0. The number of likely N-dealkylation sites (tertiary alicyclic amines) is 1. The summed E-state index contributed by atoms with van der Waals surface area (Å²) >= 11 is 0. The molecule has 1 atom stereocenters. The van der Waals surface area contributed by atoms with Gasteiger partial charge in [-0.15, -0.1) is 0 Å². The van der Waals surface area contributed by atoms with E-state index < -0.39 is 5.67 Å². The molecule has 6 heteroatoms. The number of benzene rings is 1. The number of nitrogens with zero attached hydrogens (tertiary/aromatic N) is 5. The lowest BCUT2D eigenvalue weighted by molar-refractivity contribution is 0.187. The normalized spacial score (nSPS) is 22.5. The fraction of sp³-hybridized carbons (Fsp3) is 0.480. The first-order chi connectivity index (χ1) is 15.0. The molecule has 2 aliphatic rings. The van der Waals surface area contributed by atoms with Gasteiger partial charge < -0.3 is 14.4 Å². The second kappa shape index (κ2) is 8.15. The molecule has 5 nitrogen and oxygen atoms in total. The van der Waals surface area contributed by atoms with Crippen molar-refractivity contribution in [3.8, 4) is 0 Å². The summed E-state index contributed by atoms with van der Waals surface area (Å²) in [5.74, 6) is 1.05. The van der Waals surface area contributed by atoms with E-state index in [-0.39, 0.29) is 0 Å². The SMILES string of the molecule is Cc1ccccc1N1CCN(c2ccc3ccn(CCN4CCC(C)(F)C4)c3n2)CC1. The summed E-state index contributed by atoms with van der Waals surface area (Å²) in [4.78, 5) is 12.1. The van der Waals surface area contributed by atoms with Crippen LogP contribution in [0.2, 0.25) is 0 Å². The quantitative estimate of drug-likeness (QED) is 0.620. The Morgan fingerprint density at radius 3 is 2.45 bits per heavy atom. The number of fused-ring (bicyclic) bond motifs is 1. The Balaban J connectivity index is 1.26. The Hall–Kier alpha value is -2.60. The summed E-state index contributed by atoms with van der Waals surface area (Å²) in [6.45, 7) is 10.9. The molecule has 0 saturated carbocycles. The van der Waals surface area contributed by atoms with Crippen molar-refractivity contribution in [3.63, 3.8) is 0 Å². The molecule has 0 aliphatic carbocycles. The highest BCUT2D eigenvalue weighted by molar-refractivity contribution is 5.78. The van der Waals surface area contributed by atoms with Crippen LogP contribution in [-0.2, 0) is 6.54 Å². The number of hydrogen-bond acceptors (Lipinski definition) is 4. The molecular weight excluding hydrogens is 389 g/mol. The topological polar surface area (TPSA) is 27.5 Å². The fourth-order valence-electron chi connectivity index (χ4n) is 4.96. The number of pyridine rings is 1. The van der Waals surface area contributed by atoms with Gasteiger partial charge in [0.25, 0.3) is 0 Å². The molecule has 2 saturated heterocycles. The lowest BCUT2D eigenvalue weighted by Gasteiger charge is -2.37. The number of aryl methyl sites for hydroxylation is 1. The summed E-state index contributed by atoms with van der Waals surface area (Å²) < 4.78 is 16.3. The van der Waals surface area contributed by atoms with Crippen LogP contribution in [0.4, 0.5) is 15.9 Å². The Morgan fingerprint density at radius 2 is 1.71 bits per heavy atom. The van der Waals surface area contributed by atoms with Gasteiger partial charge in [0.2, 0.25) is 0 Å². The summed E-state index contributed by atoms with van der Waals surface area (Å²) in [6, 6.07) is 15.1. The van der Waals surface area contributed by atoms with Gasteiger partial charge in [-0.2, -0.15) is 0 Å². The van der Waals surface area contributed by atoms with E-state index in [0.717, 1.165) is 57.3 Å². The zero-order valence-corrected chi connectivity index (χ0v) is 18.6. The van der Waals surface area contributed by atoms with E-state index in [9.17, 15) is 4.39 Å². The van der Waals surface area contributed by atoms with Gasteiger partial charge in [0.05, 0.1) is 0 Å². The van der Waals surface area contributed by atoms with Gasteiger partial charge in [0, 0.05) is 69.6 Å². The average Bonchev–Trinajstić information content (AvgIpc) is 3.34. The van der Waals surface area contributed by atoms with Crippen molar-refractivity contribution in [2.75, 3.05) is 55.6 Å². The van der Waals surface area contributed by atoms with Crippen LogP contribution in [0.5, 0.6) is 0 Å². The van der Waals surface area contributed by atoms with Crippen LogP contribution in [0.3, 0.4) is 0 Å². The second-order valence-corrected chi connectivity index (χ2v) is 9.29. The standard InChI is InChI=1S/C25H32FN5/c1-20-5-3-4-6-22(20)29-15-17-30(18-16-29)23-8-7-21-9-11-31(24(21)27-23)14-13-28-12-10-25(2,26)19-28/h3-9,11H,10,12-19H2,1-2H3. The van der Waals surface area contributed by atoms with Crippen LogP contribution in [0.15, 0.2) is 48.7 Å². The van der Waals surface area contributed by atoms with Crippen LogP contribution in [-0.4, -0.2) is 65.9 Å². The molecule has 5 rings (SSSR count). The number of para-hydroxylation sites is 1. The van der Waals surface area contributed by atoms with Crippen molar-refractivity contribution in [1.29, 1.82) is 0 Å². The maximum Gasteiger partial charge on any atom is 0.142 e. The highest BCUT2D eigenvalue weighted by Crippen LogP contribution is 2.26. The summed E-state index contributed by atoms with van der Waals surface area (Å²) in [7, 11) is 0. The van der Waals surface area contributed by atoms with Crippen molar-refractivity contribution >= 4 is 22.5 Å². The first-order valence-corrected chi connectivity index (χ1v) is 11.4. The second-order valence-electron chi connectivity index (χ2n) is 9.29. The van der Waals surface area contributed by atoms with Gasteiger partial charge in [0.15, 0.2) is 0 Å². The molecule has 2 aliphatic heterocycles. The molecule has 1 unspecified atom stereocenters. The number of halogens is 1. The van der Waals surface area contributed by atoms with Crippen molar-refractivity contribution in [3.05, 3.63) is 54.2 Å². The maximum absolute atomic E-state index is 14.1. The summed E-state index contributed by atoms with van der Waals surface area (Å²) in [5.41, 5.74) is 2.66. The molecule has 164 valence electrons. The van der Waals surface area contributed by atoms with Crippen LogP contribution >= 0.6 is 0 Å². The molecular formula is C25H32FN5. The van der Waals surface area contributed by atoms with Crippen LogP contribution in [0.1, 0.15) is 18.9 Å². The molecule has 0 bridgehead atoms. The summed E-state index contributed by atoms with van der Waals surface area (Å²) in [6.07, 6.45) is 2.75. The zero-order valence-electron chi connectivity index (χ0n) is 18.6. The Kier molecular flexibility index (Phi) is 5.34. The van der Waals surface area contributed by atoms with E-state index >= 15 is 0 Å². The smallest absolute Gasteiger partial charge is 0.142 e. The van der Waals surface area contributed by atoms with Crippen molar-refractivity contribution in [2.24, 2.45) is 0 Å². The van der Waals surface area contributed by atoms with Crippen molar-refractivity contribution < 1.29 is 4.39 Å².